The van der Waals surface area contributed by atoms with Gasteiger partial charge >= 0.3 is 0 Å². The third kappa shape index (κ3) is 3.38. The minimum absolute atomic E-state index is 0.0184. The number of nitrogens with one attached hydrogen (secondary N) is 1. The van der Waals surface area contributed by atoms with Crippen LogP contribution in [0.25, 0.3) is 0 Å². The molecular formula is C18H22N2O2. The first-order valence-corrected chi connectivity index (χ1v) is 8.02. The van der Waals surface area contributed by atoms with E-state index in [1.807, 2.05) is 35.2 Å². The molecule has 1 fully saturated rings. The number of benzene rings is 1. The molecule has 0 saturated carbocycles. The zero-order valence-corrected chi connectivity index (χ0v) is 12.7. The van der Waals surface area contributed by atoms with Gasteiger partial charge < -0.3 is 10.2 Å². The van der Waals surface area contributed by atoms with Crippen molar-refractivity contribution in [2.45, 2.75) is 31.7 Å². The smallest absolute Gasteiger partial charge is 0.223 e. The number of amides is 2. The van der Waals surface area contributed by atoms with Gasteiger partial charge in [-0.1, -0.05) is 42.5 Å². The van der Waals surface area contributed by atoms with Crippen molar-refractivity contribution in [1.82, 2.24) is 10.2 Å². The van der Waals surface area contributed by atoms with Crippen LogP contribution >= 0.6 is 0 Å². The molecule has 1 aliphatic carbocycles. The van der Waals surface area contributed by atoms with Gasteiger partial charge in [0.1, 0.15) is 0 Å². The van der Waals surface area contributed by atoms with Crippen LogP contribution in [0, 0.1) is 5.92 Å². The Hall–Kier alpha value is -2.10. The fourth-order valence-corrected chi connectivity index (χ4v) is 3.31. The highest BCUT2D eigenvalue weighted by Crippen LogP contribution is 2.28. The Bertz CT molecular complexity index is 568. The lowest BCUT2D eigenvalue weighted by atomic mass is 9.99. The van der Waals surface area contributed by atoms with Gasteiger partial charge in [-0.25, -0.2) is 0 Å². The highest BCUT2D eigenvalue weighted by Gasteiger charge is 2.30. The van der Waals surface area contributed by atoms with Crippen molar-refractivity contribution in [3.8, 4) is 0 Å². The van der Waals surface area contributed by atoms with Crippen molar-refractivity contribution in [2.24, 2.45) is 5.92 Å². The van der Waals surface area contributed by atoms with Gasteiger partial charge in [0.05, 0.1) is 12.5 Å². The largest absolute Gasteiger partial charge is 0.354 e. The van der Waals surface area contributed by atoms with Crippen molar-refractivity contribution in [1.29, 1.82) is 0 Å². The van der Waals surface area contributed by atoms with Gasteiger partial charge in [0.2, 0.25) is 11.8 Å². The average Bonchev–Trinajstić information content (AvgIpc) is 2.95. The quantitative estimate of drug-likeness (QED) is 0.871. The van der Waals surface area contributed by atoms with Gasteiger partial charge in [0, 0.05) is 19.5 Å². The highest BCUT2D eigenvalue weighted by atomic mass is 16.2. The molecule has 1 heterocycles. The van der Waals surface area contributed by atoms with E-state index in [1.165, 1.54) is 0 Å². The van der Waals surface area contributed by atoms with Gasteiger partial charge in [0.25, 0.3) is 0 Å². The first-order chi connectivity index (χ1) is 10.7. The molecular weight excluding hydrogens is 276 g/mol. The van der Waals surface area contributed by atoms with Crippen LogP contribution in [-0.2, 0) is 9.59 Å². The molecule has 4 nitrogen and oxygen atoms in total. The van der Waals surface area contributed by atoms with Crippen LogP contribution < -0.4 is 5.32 Å². The fraction of sp³-hybridized carbons (Fsp3) is 0.444. The van der Waals surface area contributed by atoms with Gasteiger partial charge in [-0.3, -0.25) is 9.59 Å². The Morgan fingerprint density at radius 3 is 2.82 bits per heavy atom. The first-order valence-electron chi connectivity index (χ1n) is 8.02. The minimum atomic E-state index is -0.151. The van der Waals surface area contributed by atoms with Crippen molar-refractivity contribution in [3.05, 3.63) is 48.0 Å². The second-order valence-electron chi connectivity index (χ2n) is 6.04. The van der Waals surface area contributed by atoms with Crippen molar-refractivity contribution in [3.63, 3.8) is 0 Å². The summed E-state index contributed by atoms with van der Waals surface area (Å²) in [5, 5.41) is 2.88. The summed E-state index contributed by atoms with van der Waals surface area (Å²) < 4.78 is 0. The van der Waals surface area contributed by atoms with Crippen LogP contribution in [0.2, 0.25) is 0 Å². The molecule has 2 atom stereocenters. The lowest BCUT2D eigenvalue weighted by Crippen LogP contribution is -2.37. The topological polar surface area (TPSA) is 49.4 Å². The maximum absolute atomic E-state index is 12.8. The van der Waals surface area contributed by atoms with Crippen LogP contribution in [0.15, 0.2) is 42.5 Å². The molecule has 0 aromatic heterocycles. The fourth-order valence-electron chi connectivity index (χ4n) is 3.31. The lowest BCUT2D eigenvalue weighted by Gasteiger charge is -2.30. The molecule has 3 rings (SSSR count). The summed E-state index contributed by atoms with van der Waals surface area (Å²) in [5.41, 5.74) is 1.04. The Labute approximate surface area is 131 Å². The van der Waals surface area contributed by atoms with E-state index in [4.69, 9.17) is 0 Å². The Morgan fingerprint density at radius 2 is 2.09 bits per heavy atom. The Kier molecular flexibility index (Phi) is 4.56. The van der Waals surface area contributed by atoms with Crippen LogP contribution in [-0.4, -0.2) is 29.8 Å². The SMILES string of the molecule is O=C1CC(c2ccccc2)N(C(=O)CC2C=CCC2)CCN1. The molecule has 0 radical (unpaired) electrons. The van der Waals surface area contributed by atoms with E-state index in [-0.39, 0.29) is 17.9 Å². The molecule has 2 unspecified atom stereocenters. The molecule has 4 heteroatoms. The normalized spacial score (nSPS) is 24.9. The predicted octanol–water partition coefficient (Wildman–Crippen LogP) is 2.43. The molecule has 1 aromatic rings. The molecule has 1 saturated heterocycles. The summed E-state index contributed by atoms with van der Waals surface area (Å²) in [5.74, 6) is 0.530. The number of hydrogen-bond donors (Lipinski definition) is 1. The maximum atomic E-state index is 12.8. The van der Waals surface area contributed by atoms with Gasteiger partial charge in [-0.15, -0.1) is 0 Å². The first kappa shape index (κ1) is 14.8. The lowest BCUT2D eigenvalue weighted by molar-refractivity contribution is -0.134. The summed E-state index contributed by atoms with van der Waals surface area (Å²) in [7, 11) is 0. The van der Waals surface area contributed by atoms with E-state index in [0.29, 0.717) is 31.8 Å². The van der Waals surface area contributed by atoms with E-state index in [0.717, 1.165) is 18.4 Å². The number of hydrogen-bond acceptors (Lipinski definition) is 2. The molecule has 22 heavy (non-hydrogen) atoms. The third-order valence-electron chi connectivity index (χ3n) is 4.48. The monoisotopic (exact) mass is 298 g/mol. The second-order valence-corrected chi connectivity index (χ2v) is 6.04. The summed E-state index contributed by atoms with van der Waals surface area (Å²) in [4.78, 5) is 26.6. The van der Waals surface area contributed by atoms with Crippen LogP contribution in [0.5, 0.6) is 0 Å². The number of nitrogens with zero attached hydrogens (tertiary/aromatic N) is 1. The minimum Gasteiger partial charge on any atom is -0.354 e. The van der Waals surface area contributed by atoms with E-state index in [2.05, 4.69) is 17.5 Å². The summed E-state index contributed by atoms with van der Waals surface area (Å²) >= 11 is 0. The van der Waals surface area contributed by atoms with E-state index in [9.17, 15) is 9.59 Å². The number of allylic oxidation sites excluding steroid dienone is 2. The average molecular weight is 298 g/mol. The molecule has 1 N–H and O–H groups in total. The van der Waals surface area contributed by atoms with Crippen molar-refractivity contribution >= 4 is 11.8 Å². The second kappa shape index (κ2) is 6.77. The van der Waals surface area contributed by atoms with Crippen molar-refractivity contribution < 1.29 is 9.59 Å². The number of carbonyl (C=O) groups is 2. The predicted molar refractivity (Wildman–Crippen MR) is 85.0 cm³/mol. The molecule has 0 bridgehead atoms. The summed E-state index contributed by atoms with van der Waals surface area (Å²) in [6.45, 7) is 1.12. The molecule has 1 aliphatic heterocycles. The van der Waals surface area contributed by atoms with Gasteiger partial charge in [-0.2, -0.15) is 0 Å². The van der Waals surface area contributed by atoms with Crippen LogP contribution in [0.4, 0.5) is 0 Å². The molecule has 0 spiro atoms. The van der Waals surface area contributed by atoms with Crippen molar-refractivity contribution in [2.75, 3.05) is 13.1 Å². The molecule has 2 aliphatic rings. The van der Waals surface area contributed by atoms with E-state index < -0.39 is 0 Å². The van der Waals surface area contributed by atoms with Crippen LogP contribution in [0.1, 0.15) is 37.3 Å². The third-order valence-corrected chi connectivity index (χ3v) is 4.48. The van der Waals surface area contributed by atoms with Gasteiger partial charge in [-0.05, 0) is 24.3 Å². The van der Waals surface area contributed by atoms with E-state index in [1.54, 1.807) is 0 Å². The summed E-state index contributed by atoms with van der Waals surface area (Å²) in [6, 6.07) is 9.72. The molecule has 1 aromatic carbocycles. The zero-order chi connectivity index (χ0) is 15.4. The van der Waals surface area contributed by atoms with E-state index >= 15 is 0 Å². The number of rotatable bonds is 3. The summed E-state index contributed by atoms with van der Waals surface area (Å²) in [6.07, 6.45) is 7.33. The number of carbonyl (C=O) groups excluding carboxylic acids is 2. The molecule has 116 valence electrons. The highest BCUT2D eigenvalue weighted by molar-refractivity contribution is 5.81. The Balaban J connectivity index is 1.79. The Morgan fingerprint density at radius 1 is 1.27 bits per heavy atom. The maximum Gasteiger partial charge on any atom is 0.223 e. The zero-order valence-electron chi connectivity index (χ0n) is 12.7. The van der Waals surface area contributed by atoms with Gasteiger partial charge in [0.15, 0.2) is 0 Å². The molecule has 2 amide bonds. The van der Waals surface area contributed by atoms with Crippen LogP contribution in [0.3, 0.4) is 0 Å². The standard InChI is InChI=1S/C18H22N2O2/c21-17-13-16(15-8-2-1-3-9-15)20(11-10-19-17)18(22)12-14-6-4-5-7-14/h1-4,6,8-9,14,16H,5,7,10-13H2,(H,19,21).